The largest absolute Gasteiger partial charge is 0.471 e. The van der Waals surface area contributed by atoms with Crippen molar-refractivity contribution in [2.75, 3.05) is 20.1 Å². The predicted molar refractivity (Wildman–Crippen MR) is 107 cm³/mol. The molecule has 1 aromatic rings. The van der Waals surface area contributed by atoms with E-state index in [0.717, 1.165) is 11.9 Å². The number of amides is 2. The molecule has 1 aromatic carbocycles. The number of carbonyl (C=O) groups is 3. The molecule has 1 atom stereocenters. The van der Waals surface area contributed by atoms with Gasteiger partial charge in [-0.05, 0) is 38.5 Å². The molecule has 30 heavy (non-hydrogen) atoms. The van der Waals surface area contributed by atoms with Gasteiger partial charge in [-0.3, -0.25) is 4.79 Å². The number of likely N-dealkylation sites (N-methyl/N-ethyl adjacent to an activating group) is 1. The Kier molecular flexibility index (Phi) is 8.18. The highest BCUT2D eigenvalue weighted by Crippen LogP contribution is 2.36. The number of benzene rings is 1. The minimum Gasteiger partial charge on any atom is -0.465 e. The van der Waals surface area contributed by atoms with Crippen molar-refractivity contribution in [2.24, 2.45) is 0 Å². The molecular formula is C19H23Cl2F3N2O4. The number of carboxylic acid groups (broad SMARTS) is 1. The van der Waals surface area contributed by atoms with Crippen LogP contribution in [-0.4, -0.2) is 65.0 Å². The third-order valence-electron chi connectivity index (χ3n) is 4.64. The van der Waals surface area contributed by atoms with Crippen molar-refractivity contribution in [3.8, 4) is 0 Å². The second kappa shape index (κ2) is 9.43. The molecule has 0 aliphatic carbocycles. The average molecular weight is 471 g/mol. The van der Waals surface area contributed by atoms with Gasteiger partial charge < -0.3 is 19.7 Å². The van der Waals surface area contributed by atoms with Crippen LogP contribution in [0.5, 0.6) is 0 Å². The normalized spacial score (nSPS) is 14.0. The summed E-state index contributed by atoms with van der Waals surface area (Å²) in [5, 5.41) is 9.94. The zero-order valence-corrected chi connectivity index (χ0v) is 18.4. The maximum absolute atomic E-state index is 13.0. The molecule has 1 unspecified atom stereocenters. The number of hydrogen-bond donors (Lipinski definition) is 1. The minimum absolute atomic E-state index is 0.0758. The lowest BCUT2D eigenvalue weighted by Gasteiger charge is -2.44. The predicted octanol–water partition coefficient (Wildman–Crippen LogP) is 4.62. The van der Waals surface area contributed by atoms with Crippen molar-refractivity contribution in [2.45, 2.75) is 44.3 Å². The molecule has 0 aromatic heterocycles. The van der Waals surface area contributed by atoms with Gasteiger partial charge in [-0.25, -0.2) is 4.79 Å². The Bertz CT molecular complexity index is 812. The zero-order chi connectivity index (χ0) is 23.5. The van der Waals surface area contributed by atoms with Crippen LogP contribution in [0.4, 0.5) is 18.0 Å². The lowest BCUT2D eigenvalue weighted by Crippen LogP contribution is -2.56. The maximum atomic E-state index is 13.0. The topological polar surface area (TPSA) is 77.9 Å². The van der Waals surface area contributed by atoms with E-state index in [4.69, 9.17) is 23.2 Å². The fraction of sp³-hybridized carbons (Fsp3) is 0.526. The maximum Gasteiger partial charge on any atom is 0.471 e. The summed E-state index contributed by atoms with van der Waals surface area (Å²) in [6.45, 7) is 3.87. The van der Waals surface area contributed by atoms with Gasteiger partial charge in [0.15, 0.2) is 0 Å². The first kappa shape index (κ1) is 26.0. The molecule has 1 rings (SSSR count). The summed E-state index contributed by atoms with van der Waals surface area (Å²) < 4.78 is 38.9. The van der Waals surface area contributed by atoms with Crippen molar-refractivity contribution in [1.29, 1.82) is 0 Å². The fourth-order valence-corrected chi connectivity index (χ4v) is 3.40. The highest BCUT2D eigenvalue weighted by molar-refractivity contribution is 6.42. The van der Waals surface area contributed by atoms with E-state index < -0.39 is 35.7 Å². The zero-order valence-electron chi connectivity index (χ0n) is 16.9. The molecule has 0 saturated carbocycles. The van der Waals surface area contributed by atoms with Crippen LogP contribution in [0.3, 0.4) is 0 Å². The highest BCUT2D eigenvalue weighted by Gasteiger charge is 2.46. The molecule has 6 nitrogen and oxygen atoms in total. The van der Waals surface area contributed by atoms with E-state index in [1.165, 1.54) is 18.2 Å². The Hall–Kier alpha value is -2.00. The third-order valence-corrected chi connectivity index (χ3v) is 5.38. The van der Waals surface area contributed by atoms with E-state index >= 15 is 0 Å². The van der Waals surface area contributed by atoms with Gasteiger partial charge in [0.25, 0.3) is 0 Å². The fourth-order valence-electron chi connectivity index (χ4n) is 3.10. The van der Waals surface area contributed by atoms with Crippen LogP contribution >= 0.6 is 23.2 Å². The SMILES string of the molecule is CN(CC(CC=O)(CN(C(=O)O)C(C)(C)C)c1ccc(Cl)c(Cl)c1)C(=O)C(F)(F)F. The monoisotopic (exact) mass is 470 g/mol. The van der Waals surface area contributed by atoms with Gasteiger partial charge in [-0.2, -0.15) is 13.2 Å². The molecule has 0 fully saturated rings. The molecule has 0 aliphatic heterocycles. The summed E-state index contributed by atoms with van der Waals surface area (Å²) in [5.41, 5.74) is -2.17. The summed E-state index contributed by atoms with van der Waals surface area (Å²) in [6.07, 6.45) is -6.35. The van der Waals surface area contributed by atoms with Crippen molar-refractivity contribution in [3.63, 3.8) is 0 Å². The highest BCUT2D eigenvalue weighted by atomic mass is 35.5. The first-order valence-electron chi connectivity index (χ1n) is 8.77. The van der Waals surface area contributed by atoms with Crippen LogP contribution in [0, 0.1) is 0 Å². The van der Waals surface area contributed by atoms with E-state index in [1.54, 1.807) is 20.8 Å². The summed E-state index contributed by atoms with van der Waals surface area (Å²) in [6, 6.07) is 4.21. The first-order chi connectivity index (χ1) is 13.5. The van der Waals surface area contributed by atoms with E-state index in [9.17, 15) is 32.7 Å². The lowest BCUT2D eigenvalue weighted by molar-refractivity contribution is -0.185. The summed E-state index contributed by atoms with van der Waals surface area (Å²) in [7, 11) is 0.940. The standard InChI is InChI=1S/C19H23Cl2F3N2O4/c1-17(2,3)26(16(29)30)11-18(7-8-27,10-25(4)15(28)19(22,23)24)12-5-6-13(20)14(21)9-12/h5-6,8-9H,7,10-11H2,1-4H3,(H,29,30). The van der Waals surface area contributed by atoms with Crippen LogP contribution in [-0.2, 0) is 15.0 Å². The second-order valence-corrected chi connectivity index (χ2v) is 8.79. The van der Waals surface area contributed by atoms with Crippen molar-refractivity contribution in [3.05, 3.63) is 33.8 Å². The van der Waals surface area contributed by atoms with Gasteiger partial charge in [0, 0.05) is 37.5 Å². The van der Waals surface area contributed by atoms with E-state index in [0.29, 0.717) is 11.2 Å². The Morgan fingerprint density at radius 2 is 1.67 bits per heavy atom. The molecule has 0 radical (unpaired) electrons. The molecule has 0 aliphatic rings. The Morgan fingerprint density at radius 1 is 1.10 bits per heavy atom. The van der Waals surface area contributed by atoms with E-state index in [2.05, 4.69) is 0 Å². The summed E-state index contributed by atoms with van der Waals surface area (Å²) in [5.74, 6) is -2.12. The number of rotatable bonds is 7. The van der Waals surface area contributed by atoms with Gasteiger partial charge >= 0.3 is 18.2 Å². The van der Waals surface area contributed by atoms with Gasteiger partial charge in [0.2, 0.25) is 0 Å². The number of hydrogen-bond acceptors (Lipinski definition) is 3. The lowest BCUT2D eigenvalue weighted by atomic mass is 9.76. The second-order valence-electron chi connectivity index (χ2n) is 7.98. The van der Waals surface area contributed by atoms with E-state index in [1.807, 2.05) is 0 Å². The molecular weight excluding hydrogens is 448 g/mol. The summed E-state index contributed by atoms with van der Waals surface area (Å²) in [4.78, 5) is 36.6. The van der Waals surface area contributed by atoms with Crippen LogP contribution in [0.15, 0.2) is 18.2 Å². The number of aldehydes is 1. The van der Waals surface area contributed by atoms with Gasteiger partial charge in [0.05, 0.1) is 10.0 Å². The minimum atomic E-state index is -5.13. The molecule has 0 heterocycles. The average Bonchev–Trinajstić information content (AvgIpc) is 2.59. The molecule has 0 bridgehead atoms. The van der Waals surface area contributed by atoms with Crippen molar-refractivity contribution in [1.82, 2.24) is 9.80 Å². The van der Waals surface area contributed by atoms with Gasteiger partial charge in [0.1, 0.15) is 6.29 Å². The molecule has 2 amide bonds. The Morgan fingerprint density at radius 3 is 2.07 bits per heavy atom. The molecule has 1 N–H and O–H groups in total. The molecule has 0 saturated heterocycles. The van der Waals surface area contributed by atoms with Crippen LogP contribution in [0.25, 0.3) is 0 Å². The van der Waals surface area contributed by atoms with Crippen LogP contribution in [0.1, 0.15) is 32.8 Å². The molecule has 0 spiro atoms. The molecule has 168 valence electrons. The third kappa shape index (κ3) is 6.25. The number of halogens is 5. The quantitative estimate of drug-likeness (QED) is 0.589. The summed E-state index contributed by atoms with van der Waals surface area (Å²) >= 11 is 12.0. The number of carbonyl (C=O) groups excluding carboxylic acids is 2. The first-order valence-corrected chi connectivity index (χ1v) is 9.53. The van der Waals surface area contributed by atoms with Crippen LogP contribution in [0.2, 0.25) is 10.0 Å². The Balaban J connectivity index is 3.64. The Labute approximate surface area is 182 Å². The smallest absolute Gasteiger partial charge is 0.465 e. The van der Waals surface area contributed by atoms with Gasteiger partial charge in [-0.1, -0.05) is 29.3 Å². The number of nitrogens with zero attached hydrogens (tertiary/aromatic N) is 2. The molecule has 11 heteroatoms. The van der Waals surface area contributed by atoms with Crippen LogP contribution < -0.4 is 0 Å². The van der Waals surface area contributed by atoms with Crippen molar-refractivity contribution < 1.29 is 32.7 Å². The number of alkyl halides is 3. The van der Waals surface area contributed by atoms with E-state index in [-0.39, 0.29) is 28.6 Å². The van der Waals surface area contributed by atoms with Gasteiger partial charge in [-0.15, -0.1) is 0 Å². The van der Waals surface area contributed by atoms with Crippen molar-refractivity contribution >= 4 is 41.5 Å².